The molecule has 1 fully saturated rings. The SMILES string of the molecule is CC(C)c1nsc(N2CCNCC2C(=O)N(C)C)n1. The summed E-state index contributed by atoms with van der Waals surface area (Å²) in [5.41, 5.74) is 0. The smallest absolute Gasteiger partial charge is 0.246 e. The van der Waals surface area contributed by atoms with Crippen molar-refractivity contribution in [2.75, 3.05) is 38.6 Å². The number of rotatable bonds is 3. The fourth-order valence-electron chi connectivity index (χ4n) is 2.03. The van der Waals surface area contributed by atoms with Crippen LogP contribution >= 0.6 is 11.5 Å². The summed E-state index contributed by atoms with van der Waals surface area (Å²) in [4.78, 5) is 20.5. The van der Waals surface area contributed by atoms with Gasteiger partial charge in [0.05, 0.1) is 0 Å². The molecular formula is C12H21N5OS. The lowest BCUT2D eigenvalue weighted by Crippen LogP contribution is -2.57. The predicted octanol–water partition coefficient (Wildman–Crippen LogP) is 0.528. The van der Waals surface area contributed by atoms with E-state index in [0.29, 0.717) is 12.5 Å². The van der Waals surface area contributed by atoms with Gasteiger partial charge in [-0.1, -0.05) is 13.8 Å². The lowest BCUT2D eigenvalue weighted by Gasteiger charge is -2.35. The number of anilines is 1. The first-order valence-corrected chi connectivity index (χ1v) is 7.30. The minimum atomic E-state index is -0.184. The molecule has 2 heterocycles. The van der Waals surface area contributed by atoms with Gasteiger partial charge >= 0.3 is 0 Å². The number of likely N-dealkylation sites (N-methyl/N-ethyl adjacent to an activating group) is 1. The van der Waals surface area contributed by atoms with Crippen LogP contribution in [0.3, 0.4) is 0 Å². The van der Waals surface area contributed by atoms with Crippen LogP contribution in [0.5, 0.6) is 0 Å². The quantitative estimate of drug-likeness (QED) is 0.877. The molecule has 7 heteroatoms. The van der Waals surface area contributed by atoms with Crippen molar-refractivity contribution >= 4 is 22.6 Å². The Morgan fingerprint density at radius 1 is 1.53 bits per heavy atom. The number of hydrogen-bond acceptors (Lipinski definition) is 6. The summed E-state index contributed by atoms with van der Waals surface area (Å²) >= 11 is 1.38. The van der Waals surface area contributed by atoms with Crippen LogP contribution in [0.2, 0.25) is 0 Å². The van der Waals surface area contributed by atoms with Crippen LogP contribution in [0, 0.1) is 0 Å². The highest BCUT2D eigenvalue weighted by atomic mass is 32.1. The van der Waals surface area contributed by atoms with Crippen LogP contribution < -0.4 is 10.2 Å². The number of aromatic nitrogens is 2. The van der Waals surface area contributed by atoms with Crippen molar-refractivity contribution in [1.82, 2.24) is 19.6 Å². The monoisotopic (exact) mass is 283 g/mol. The van der Waals surface area contributed by atoms with Gasteiger partial charge in [0.25, 0.3) is 0 Å². The molecule has 1 aromatic heterocycles. The maximum absolute atomic E-state index is 12.2. The highest BCUT2D eigenvalue weighted by molar-refractivity contribution is 7.09. The van der Waals surface area contributed by atoms with Crippen molar-refractivity contribution in [2.24, 2.45) is 0 Å². The molecule has 2 rings (SSSR count). The summed E-state index contributed by atoms with van der Waals surface area (Å²) in [6.45, 7) is 6.47. The van der Waals surface area contributed by atoms with Gasteiger partial charge in [0.15, 0.2) is 0 Å². The standard InChI is InChI=1S/C12H21N5OS/c1-8(2)10-14-12(19-15-10)17-6-5-13-7-9(17)11(18)16(3)4/h8-9,13H,5-7H2,1-4H3. The van der Waals surface area contributed by atoms with Crippen molar-refractivity contribution in [3.8, 4) is 0 Å². The molecule has 0 aromatic carbocycles. The van der Waals surface area contributed by atoms with Crippen LogP contribution in [0.1, 0.15) is 25.6 Å². The van der Waals surface area contributed by atoms with Crippen molar-refractivity contribution in [1.29, 1.82) is 0 Å². The van der Waals surface area contributed by atoms with Crippen molar-refractivity contribution in [2.45, 2.75) is 25.8 Å². The highest BCUT2D eigenvalue weighted by Crippen LogP contribution is 2.24. The Kier molecular flexibility index (Phi) is 4.36. The van der Waals surface area contributed by atoms with Gasteiger partial charge in [-0.15, -0.1) is 0 Å². The Morgan fingerprint density at radius 2 is 2.26 bits per heavy atom. The number of hydrogen-bond donors (Lipinski definition) is 1. The van der Waals surface area contributed by atoms with Gasteiger partial charge in [-0.25, -0.2) is 4.98 Å². The van der Waals surface area contributed by atoms with E-state index in [-0.39, 0.29) is 11.9 Å². The number of carbonyl (C=O) groups is 1. The average molecular weight is 283 g/mol. The fraction of sp³-hybridized carbons (Fsp3) is 0.750. The summed E-state index contributed by atoms with van der Waals surface area (Å²) in [5, 5.41) is 4.12. The zero-order chi connectivity index (χ0) is 14.0. The van der Waals surface area contributed by atoms with E-state index in [9.17, 15) is 4.79 Å². The molecule has 0 spiro atoms. The summed E-state index contributed by atoms with van der Waals surface area (Å²) in [6.07, 6.45) is 0. The Balaban J connectivity index is 2.21. The minimum Gasteiger partial charge on any atom is -0.347 e. The van der Waals surface area contributed by atoms with Crippen LogP contribution in [-0.2, 0) is 4.79 Å². The fourth-order valence-corrected chi connectivity index (χ4v) is 2.91. The van der Waals surface area contributed by atoms with Gasteiger partial charge in [0.2, 0.25) is 11.0 Å². The van der Waals surface area contributed by atoms with Crippen LogP contribution in [0.4, 0.5) is 5.13 Å². The average Bonchev–Trinajstić information content (AvgIpc) is 2.87. The lowest BCUT2D eigenvalue weighted by molar-refractivity contribution is -0.130. The summed E-state index contributed by atoms with van der Waals surface area (Å²) in [5.74, 6) is 1.28. The van der Waals surface area contributed by atoms with E-state index < -0.39 is 0 Å². The summed E-state index contributed by atoms with van der Waals surface area (Å²) in [7, 11) is 3.57. The highest BCUT2D eigenvalue weighted by Gasteiger charge is 2.31. The maximum Gasteiger partial charge on any atom is 0.246 e. The van der Waals surface area contributed by atoms with Crippen molar-refractivity contribution in [3.05, 3.63) is 5.82 Å². The molecule has 6 nitrogen and oxygen atoms in total. The number of carbonyl (C=O) groups excluding carboxylic acids is 1. The van der Waals surface area contributed by atoms with Gasteiger partial charge in [0.1, 0.15) is 11.9 Å². The molecule has 0 bridgehead atoms. The third kappa shape index (κ3) is 3.03. The first kappa shape index (κ1) is 14.2. The summed E-state index contributed by atoms with van der Waals surface area (Å²) in [6, 6.07) is -0.184. The van der Waals surface area contributed by atoms with E-state index in [1.54, 1.807) is 19.0 Å². The van der Waals surface area contributed by atoms with E-state index in [4.69, 9.17) is 0 Å². The zero-order valence-corrected chi connectivity index (χ0v) is 12.7. The molecule has 1 aliphatic heterocycles. The molecule has 1 aromatic rings. The number of piperazine rings is 1. The van der Waals surface area contributed by atoms with Crippen molar-refractivity contribution < 1.29 is 4.79 Å². The van der Waals surface area contributed by atoms with Crippen molar-refractivity contribution in [3.63, 3.8) is 0 Å². The second-order valence-corrected chi connectivity index (χ2v) is 5.97. The third-order valence-corrected chi connectivity index (χ3v) is 3.93. The molecule has 0 saturated carbocycles. The number of nitrogens with zero attached hydrogens (tertiary/aromatic N) is 4. The number of amides is 1. The largest absolute Gasteiger partial charge is 0.347 e. The molecule has 1 amide bonds. The molecule has 19 heavy (non-hydrogen) atoms. The Morgan fingerprint density at radius 3 is 2.84 bits per heavy atom. The van der Waals surface area contributed by atoms with E-state index in [1.807, 2.05) is 0 Å². The van der Waals surface area contributed by atoms with E-state index in [1.165, 1.54) is 11.5 Å². The molecule has 106 valence electrons. The topological polar surface area (TPSA) is 61.4 Å². The van der Waals surface area contributed by atoms with Crippen LogP contribution in [0.25, 0.3) is 0 Å². The molecule has 0 aliphatic carbocycles. The molecule has 1 aliphatic rings. The Bertz CT molecular complexity index is 445. The van der Waals surface area contributed by atoms with Gasteiger partial charge in [-0.2, -0.15) is 4.37 Å². The van der Waals surface area contributed by atoms with E-state index in [0.717, 1.165) is 24.0 Å². The Hall–Kier alpha value is -1.21. The lowest BCUT2D eigenvalue weighted by atomic mass is 10.2. The third-order valence-electron chi connectivity index (χ3n) is 3.16. The van der Waals surface area contributed by atoms with Gasteiger partial charge in [-0.3, -0.25) is 4.79 Å². The van der Waals surface area contributed by atoms with E-state index >= 15 is 0 Å². The predicted molar refractivity (Wildman–Crippen MR) is 76.7 cm³/mol. The Labute approximate surface area is 118 Å². The second kappa shape index (κ2) is 5.83. The van der Waals surface area contributed by atoms with Crippen LogP contribution in [-0.4, -0.2) is 59.9 Å². The van der Waals surface area contributed by atoms with E-state index in [2.05, 4.69) is 33.4 Å². The van der Waals surface area contributed by atoms with Crippen LogP contribution in [0.15, 0.2) is 0 Å². The molecular weight excluding hydrogens is 262 g/mol. The maximum atomic E-state index is 12.2. The molecule has 1 atom stereocenters. The van der Waals surface area contributed by atoms with Gasteiger partial charge in [0, 0.05) is 51.2 Å². The van der Waals surface area contributed by atoms with Gasteiger partial charge < -0.3 is 15.1 Å². The van der Waals surface area contributed by atoms with Gasteiger partial charge in [-0.05, 0) is 0 Å². The summed E-state index contributed by atoms with van der Waals surface area (Å²) < 4.78 is 4.37. The number of nitrogens with one attached hydrogen (secondary N) is 1. The zero-order valence-electron chi connectivity index (χ0n) is 11.9. The molecule has 1 saturated heterocycles. The second-order valence-electron chi connectivity index (χ2n) is 5.24. The molecule has 1 unspecified atom stereocenters. The molecule has 1 N–H and O–H groups in total. The molecule has 0 radical (unpaired) electrons. The minimum absolute atomic E-state index is 0.105. The normalized spacial score (nSPS) is 19.8. The first-order chi connectivity index (χ1) is 9.00. The first-order valence-electron chi connectivity index (χ1n) is 6.53.